The first-order valence-corrected chi connectivity index (χ1v) is 8.35. The minimum Gasteiger partial charge on any atom is -0.481 e. The van der Waals surface area contributed by atoms with Crippen LogP contribution < -0.4 is 0 Å². The summed E-state index contributed by atoms with van der Waals surface area (Å²) in [7, 11) is 0. The zero-order valence-corrected chi connectivity index (χ0v) is 17.5. The zero-order chi connectivity index (χ0) is 28.6. The molecule has 0 atom stereocenters. The van der Waals surface area contributed by atoms with Gasteiger partial charge in [-0.2, -0.15) is 26.3 Å². The van der Waals surface area contributed by atoms with Crippen LogP contribution in [0.5, 0.6) is 0 Å². The molecule has 0 saturated heterocycles. The normalized spacial score (nSPS) is 10.2. The molecule has 0 aliphatic carbocycles. The molecule has 0 spiro atoms. The Balaban J connectivity index is -0.000000483. The molecule has 19 heteroatoms. The molecule has 0 aromatic heterocycles. The summed E-state index contributed by atoms with van der Waals surface area (Å²) in [5.41, 5.74) is 0. The van der Waals surface area contributed by atoms with Gasteiger partial charge >= 0.3 is 60.1 Å². The van der Waals surface area contributed by atoms with Crippen molar-refractivity contribution in [2.75, 3.05) is 0 Å². The van der Waals surface area contributed by atoms with Crippen molar-refractivity contribution in [2.24, 2.45) is 0 Å². The Morgan fingerprint density at radius 2 is 0.829 bits per heavy atom. The molecule has 0 radical (unpaired) electrons. The van der Waals surface area contributed by atoms with Gasteiger partial charge in [-0.05, 0) is 0 Å². The number of carboxylic acids is 2. The number of ether oxygens (including phenoxy) is 3. The van der Waals surface area contributed by atoms with Crippen molar-refractivity contribution < 1.29 is 89.1 Å². The maximum Gasteiger partial charge on any atom is 0.491 e. The highest BCUT2D eigenvalue weighted by Crippen LogP contribution is 2.17. The molecule has 0 bridgehead atoms. The lowest BCUT2D eigenvalue weighted by Gasteiger charge is -2.04. The summed E-state index contributed by atoms with van der Waals surface area (Å²) in [4.78, 5) is 80.5. The van der Waals surface area contributed by atoms with E-state index in [4.69, 9.17) is 10.2 Å². The van der Waals surface area contributed by atoms with E-state index in [0.717, 1.165) is 6.92 Å². The van der Waals surface area contributed by atoms with Crippen LogP contribution in [0.3, 0.4) is 0 Å². The molecule has 0 fully saturated rings. The van der Waals surface area contributed by atoms with Gasteiger partial charge in [0.15, 0.2) is 0 Å². The van der Waals surface area contributed by atoms with Crippen LogP contribution in [0.25, 0.3) is 0 Å². The van der Waals surface area contributed by atoms with Crippen LogP contribution >= 0.6 is 0 Å². The quantitative estimate of drug-likeness (QED) is 0.214. The van der Waals surface area contributed by atoms with Gasteiger partial charge in [0.05, 0.1) is 25.7 Å². The first kappa shape index (κ1) is 35.5. The second kappa shape index (κ2) is 16.5. The number of alkyl halides is 6. The topological polar surface area (TPSA) is 205 Å². The van der Waals surface area contributed by atoms with Gasteiger partial charge in [-0.15, -0.1) is 0 Å². The Bertz CT molecular complexity index is 800. The highest BCUT2D eigenvalue weighted by atomic mass is 19.4. The van der Waals surface area contributed by atoms with Gasteiger partial charge in [0.25, 0.3) is 0 Å². The third-order valence-corrected chi connectivity index (χ3v) is 2.25. The van der Waals surface area contributed by atoms with Crippen molar-refractivity contribution in [2.45, 2.75) is 51.9 Å². The molecule has 0 unspecified atom stereocenters. The Kier molecular flexibility index (Phi) is 16.8. The van der Waals surface area contributed by atoms with Crippen LogP contribution in [0, 0.1) is 0 Å². The van der Waals surface area contributed by atoms with Crippen molar-refractivity contribution in [1.82, 2.24) is 0 Å². The molecule has 0 aliphatic heterocycles. The number of hydrogen-bond acceptors (Lipinski definition) is 11. The molecule has 13 nitrogen and oxygen atoms in total. The summed E-state index contributed by atoms with van der Waals surface area (Å²) < 4.78 is 79.0. The molecule has 35 heavy (non-hydrogen) atoms. The van der Waals surface area contributed by atoms with Gasteiger partial charge in [-0.1, -0.05) is 0 Å². The summed E-state index contributed by atoms with van der Waals surface area (Å²) in [5, 5.41) is 15.8. The van der Waals surface area contributed by atoms with E-state index in [-0.39, 0.29) is 12.8 Å². The summed E-state index contributed by atoms with van der Waals surface area (Å²) in [6.45, 7) is 1.65. The molecule has 2 N–H and O–H groups in total. The molecule has 0 aliphatic rings. The van der Waals surface area contributed by atoms with Gasteiger partial charge in [0.1, 0.15) is 0 Å². The van der Waals surface area contributed by atoms with Crippen LogP contribution in [0.4, 0.5) is 26.3 Å². The highest BCUT2D eigenvalue weighted by Gasteiger charge is 2.42. The standard InChI is InChI=1S/C8H7F3O6.C4H3F3O3.C4H6O4/c1-4(12)16-5(13)2-3-6(14)17-7(15)8(9,10)11;1-2(8)10-3(9)4(5,6)7;5-3(6)1-2-4(7)8/h2-3H2,1H3;1H3;1-2H2,(H,5,6)(H,7,8). The number of carbonyl (C=O) groups excluding carboxylic acids is 6. The molecular weight excluding hydrogens is 514 g/mol. The molecule has 0 aromatic carbocycles. The van der Waals surface area contributed by atoms with Crippen molar-refractivity contribution in [3.05, 3.63) is 0 Å². The van der Waals surface area contributed by atoms with Crippen molar-refractivity contribution >= 4 is 47.8 Å². The molecular formula is C16H16F6O13. The predicted molar refractivity (Wildman–Crippen MR) is 90.5 cm³/mol. The Morgan fingerprint density at radius 1 is 0.543 bits per heavy atom. The fourth-order valence-corrected chi connectivity index (χ4v) is 1.03. The smallest absolute Gasteiger partial charge is 0.481 e. The predicted octanol–water partition coefficient (Wildman–Crippen LogP) is 1.06. The third-order valence-electron chi connectivity index (χ3n) is 2.25. The van der Waals surface area contributed by atoms with E-state index in [1.807, 2.05) is 0 Å². The van der Waals surface area contributed by atoms with Crippen molar-refractivity contribution in [1.29, 1.82) is 0 Å². The monoisotopic (exact) mass is 530 g/mol. The number of halogens is 6. The van der Waals surface area contributed by atoms with E-state index in [1.54, 1.807) is 0 Å². The third kappa shape index (κ3) is 26.1. The number of hydrogen-bond donors (Lipinski definition) is 2. The summed E-state index contributed by atoms with van der Waals surface area (Å²) in [6.07, 6.45) is -12.4. The van der Waals surface area contributed by atoms with Gasteiger partial charge in [-0.25, -0.2) is 9.59 Å². The van der Waals surface area contributed by atoms with E-state index in [2.05, 4.69) is 14.2 Å². The summed E-state index contributed by atoms with van der Waals surface area (Å²) >= 11 is 0. The van der Waals surface area contributed by atoms with Crippen LogP contribution in [-0.2, 0) is 52.6 Å². The molecule has 0 saturated carbocycles. The Hall–Kier alpha value is -4.06. The lowest BCUT2D eigenvalue weighted by molar-refractivity contribution is -0.202. The number of esters is 6. The fraction of sp³-hybridized carbons (Fsp3) is 0.500. The van der Waals surface area contributed by atoms with Gasteiger partial charge in [0.2, 0.25) is 0 Å². The highest BCUT2D eigenvalue weighted by molar-refractivity contribution is 5.91. The van der Waals surface area contributed by atoms with E-state index in [9.17, 15) is 64.7 Å². The molecule has 0 rings (SSSR count). The van der Waals surface area contributed by atoms with Crippen LogP contribution in [-0.4, -0.2) is 70.3 Å². The van der Waals surface area contributed by atoms with Gasteiger partial charge in [0, 0.05) is 13.8 Å². The minimum absolute atomic E-state index is 0.296. The molecule has 0 aromatic rings. The van der Waals surface area contributed by atoms with Crippen LogP contribution in [0.2, 0.25) is 0 Å². The number of carbonyl (C=O) groups is 8. The van der Waals surface area contributed by atoms with Crippen LogP contribution in [0.1, 0.15) is 39.5 Å². The number of aliphatic carboxylic acids is 2. The lowest BCUT2D eigenvalue weighted by Crippen LogP contribution is -2.28. The largest absolute Gasteiger partial charge is 0.491 e. The van der Waals surface area contributed by atoms with E-state index < -0.39 is 72.9 Å². The second-order valence-corrected chi connectivity index (χ2v) is 5.39. The average molecular weight is 530 g/mol. The lowest BCUT2D eigenvalue weighted by atomic mass is 10.3. The zero-order valence-electron chi connectivity index (χ0n) is 17.5. The SMILES string of the molecule is CC(=O)OC(=O)C(F)(F)F.CC(=O)OC(=O)CCC(=O)OC(=O)C(F)(F)F.O=C(O)CCC(=O)O. The van der Waals surface area contributed by atoms with Crippen molar-refractivity contribution in [3.63, 3.8) is 0 Å². The molecule has 0 amide bonds. The van der Waals surface area contributed by atoms with Crippen molar-refractivity contribution in [3.8, 4) is 0 Å². The summed E-state index contributed by atoms with van der Waals surface area (Å²) in [5.74, 6) is -12.1. The Morgan fingerprint density at radius 3 is 1.06 bits per heavy atom. The van der Waals surface area contributed by atoms with E-state index >= 15 is 0 Å². The number of rotatable bonds is 6. The first-order chi connectivity index (χ1) is 15.6. The minimum atomic E-state index is -5.28. The maximum absolute atomic E-state index is 11.6. The van der Waals surface area contributed by atoms with Crippen LogP contribution in [0.15, 0.2) is 0 Å². The Labute approximate surface area is 189 Å². The van der Waals surface area contributed by atoms with E-state index in [0.29, 0.717) is 6.92 Å². The van der Waals surface area contributed by atoms with Gasteiger partial charge < -0.3 is 24.4 Å². The molecule has 200 valence electrons. The average Bonchev–Trinajstić information content (AvgIpc) is 2.63. The molecule has 0 heterocycles. The van der Waals surface area contributed by atoms with E-state index in [1.165, 1.54) is 0 Å². The second-order valence-electron chi connectivity index (χ2n) is 5.39. The fourth-order valence-electron chi connectivity index (χ4n) is 1.03. The number of carboxylic acid groups (broad SMARTS) is 2. The van der Waals surface area contributed by atoms with Gasteiger partial charge in [-0.3, -0.25) is 28.8 Å². The first-order valence-electron chi connectivity index (χ1n) is 8.35. The maximum atomic E-state index is 11.6. The summed E-state index contributed by atoms with van der Waals surface area (Å²) in [6, 6.07) is 0.